The quantitative estimate of drug-likeness (QED) is 0.251. The molecule has 0 heterocycles. The SMILES string of the molecule is C=CCC(=C)C(=O)OCCCCCCCCCO. The third-order valence-electron chi connectivity index (χ3n) is 2.72. The Labute approximate surface area is 111 Å². The van der Waals surface area contributed by atoms with Gasteiger partial charge in [-0.25, -0.2) is 4.79 Å². The summed E-state index contributed by atoms with van der Waals surface area (Å²) in [4.78, 5) is 11.3. The molecule has 0 bridgehead atoms. The summed E-state index contributed by atoms with van der Waals surface area (Å²) in [5.41, 5.74) is 0.467. The minimum Gasteiger partial charge on any atom is -0.462 e. The fourth-order valence-electron chi connectivity index (χ4n) is 1.62. The first-order chi connectivity index (χ1) is 8.72. The lowest BCUT2D eigenvalue weighted by Gasteiger charge is -2.05. The number of allylic oxidation sites excluding steroid dienone is 1. The molecule has 18 heavy (non-hydrogen) atoms. The summed E-state index contributed by atoms with van der Waals surface area (Å²) in [5, 5.41) is 8.61. The first kappa shape index (κ1) is 16.9. The molecule has 0 amide bonds. The number of esters is 1. The lowest BCUT2D eigenvalue weighted by Crippen LogP contribution is -2.07. The molecule has 0 saturated carbocycles. The molecule has 104 valence electrons. The molecular formula is C15H26O3. The van der Waals surface area contributed by atoms with E-state index < -0.39 is 0 Å². The van der Waals surface area contributed by atoms with Gasteiger partial charge < -0.3 is 9.84 Å². The maximum absolute atomic E-state index is 11.3. The Morgan fingerprint density at radius 2 is 1.61 bits per heavy atom. The predicted molar refractivity (Wildman–Crippen MR) is 74.3 cm³/mol. The van der Waals surface area contributed by atoms with Crippen molar-refractivity contribution < 1.29 is 14.6 Å². The van der Waals surface area contributed by atoms with Crippen LogP contribution in [0.1, 0.15) is 51.4 Å². The number of carbonyl (C=O) groups excluding carboxylic acids is 1. The smallest absolute Gasteiger partial charge is 0.333 e. The normalized spacial score (nSPS) is 10.1. The van der Waals surface area contributed by atoms with E-state index in [2.05, 4.69) is 13.2 Å². The van der Waals surface area contributed by atoms with E-state index in [9.17, 15) is 4.79 Å². The fourth-order valence-corrected chi connectivity index (χ4v) is 1.62. The summed E-state index contributed by atoms with van der Waals surface area (Å²) in [5.74, 6) is -0.308. The number of aliphatic hydroxyl groups excluding tert-OH is 1. The highest BCUT2D eigenvalue weighted by molar-refractivity contribution is 5.87. The lowest BCUT2D eigenvalue weighted by molar-refractivity contribution is -0.139. The topological polar surface area (TPSA) is 46.5 Å². The van der Waals surface area contributed by atoms with Crippen molar-refractivity contribution in [3.8, 4) is 0 Å². The number of aliphatic hydroxyl groups is 1. The summed E-state index contributed by atoms with van der Waals surface area (Å²) in [6.45, 7) is 7.96. The van der Waals surface area contributed by atoms with E-state index in [1.54, 1.807) is 6.08 Å². The van der Waals surface area contributed by atoms with Crippen molar-refractivity contribution in [2.24, 2.45) is 0 Å². The van der Waals surface area contributed by atoms with Gasteiger partial charge in [-0.3, -0.25) is 0 Å². The van der Waals surface area contributed by atoms with Gasteiger partial charge in [0.15, 0.2) is 0 Å². The van der Waals surface area contributed by atoms with Crippen molar-refractivity contribution in [1.29, 1.82) is 0 Å². The summed E-state index contributed by atoms with van der Waals surface area (Å²) in [7, 11) is 0. The molecular weight excluding hydrogens is 228 g/mol. The molecule has 0 aliphatic carbocycles. The first-order valence-electron chi connectivity index (χ1n) is 6.79. The van der Waals surface area contributed by atoms with Crippen LogP contribution < -0.4 is 0 Å². The van der Waals surface area contributed by atoms with Crippen LogP contribution in [0, 0.1) is 0 Å². The number of ether oxygens (including phenoxy) is 1. The molecule has 0 fully saturated rings. The van der Waals surface area contributed by atoms with Crippen molar-refractivity contribution in [3.05, 3.63) is 24.8 Å². The Kier molecular flexibility index (Phi) is 11.6. The first-order valence-corrected chi connectivity index (χ1v) is 6.79. The highest BCUT2D eigenvalue weighted by Gasteiger charge is 2.05. The van der Waals surface area contributed by atoms with E-state index >= 15 is 0 Å². The van der Waals surface area contributed by atoms with Crippen LogP contribution in [-0.2, 0) is 9.53 Å². The summed E-state index contributed by atoms with van der Waals surface area (Å²) in [6.07, 6.45) is 9.67. The van der Waals surface area contributed by atoms with Crippen LogP contribution >= 0.6 is 0 Å². The number of carbonyl (C=O) groups is 1. The molecule has 0 saturated heterocycles. The standard InChI is InChI=1S/C15H26O3/c1-3-11-14(2)15(17)18-13-10-8-6-4-5-7-9-12-16/h3,16H,1-2,4-13H2. The van der Waals surface area contributed by atoms with Crippen molar-refractivity contribution in [3.63, 3.8) is 0 Å². The summed E-state index contributed by atoms with van der Waals surface area (Å²) >= 11 is 0. The van der Waals surface area contributed by atoms with Gasteiger partial charge in [-0.15, -0.1) is 6.58 Å². The Hall–Kier alpha value is -1.09. The Bertz CT molecular complexity index is 246. The van der Waals surface area contributed by atoms with Gasteiger partial charge in [-0.1, -0.05) is 44.8 Å². The third kappa shape index (κ3) is 10.1. The van der Waals surface area contributed by atoms with Crippen molar-refractivity contribution >= 4 is 5.97 Å². The Morgan fingerprint density at radius 3 is 2.17 bits per heavy atom. The highest BCUT2D eigenvalue weighted by Crippen LogP contribution is 2.08. The second-order valence-corrected chi connectivity index (χ2v) is 4.43. The van der Waals surface area contributed by atoms with Gasteiger partial charge in [0.25, 0.3) is 0 Å². The van der Waals surface area contributed by atoms with E-state index in [1.807, 2.05) is 0 Å². The number of rotatable bonds is 12. The zero-order valence-electron chi connectivity index (χ0n) is 11.3. The van der Waals surface area contributed by atoms with Crippen LogP contribution in [0.4, 0.5) is 0 Å². The fraction of sp³-hybridized carbons (Fsp3) is 0.667. The van der Waals surface area contributed by atoms with Crippen LogP contribution in [-0.4, -0.2) is 24.3 Å². The molecule has 1 N–H and O–H groups in total. The molecule has 0 aromatic rings. The van der Waals surface area contributed by atoms with Crippen LogP contribution in [0.3, 0.4) is 0 Å². The van der Waals surface area contributed by atoms with Crippen molar-refractivity contribution in [2.45, 2.75) is 51.4 Å². The van der Waals surface area contributed by atoms with Gasteiger partial charge in [-0.2, -0.15) is 0 Å². The molecule has 0 radical (unpaired) electrons. The number of unbranched alkanes of at least 4 members (excludes halogenated alkanes) is 6. The molecule has 3 heteroatoms. The van der Waals surface area contributed by atoms with E-state index in [4.69, 9.17) is 9.84 Å². The predicted octanol–water partition coefficient (Wildman–Crippen LogP) is 3.38. The number of hydrogen-bond donors (Lipinski definition) is 1. The largest absolute Gasteiger partial charge is 0.462 e. The van der Waals surface area contributed by atoms with Gasteiger partial charge in [-0.05, 0) is 19.3 Å². The van der Waals surface area contributed by atoms with E-state index in [0.717, 1.165) is 32.1 Å². The van der Waals surface area contributed by atoms with Gasteiger partial charge in [0, 0.05) is 12.2 Å². The maximum Gasteiger partial charge on any atom is 0.333 e. The molecule has 0 atom stereocenters. The van der Waals surface area contributed by atoms with Crippen LogP contribution in [0.25, 0.3) is 0 Å². The molecule has 0 aromatic carbocycles. The molecule has 0 spiro atoms. The molecule has 0 rings (SSSR count). The van der Waals surface area contributed by atoms with Gasteiger partial charge in [0.05, 0.1) is 6.61 Å². The highest BCUT2D eigenvalue weighted by atomic mass is 16.5. The lowest BCUT2D eigenvalue weighted by atomic mass is 10.1. The monoisotopic (exact) mass is 254 g/mol. The molecule has 3 nitrogen and oxygen atoms in total. The van der Waals surface area contributed by atoms with E-state index in [-0.39, 0.29) is 5.97 Å². The summed E-state index contributed by atoms with van der Waals surface area (Å²) in [6, 6.07) is 0. The maximum atomic E-state index is 11.3. The second-order valence-electron chi connectivity index (χ2n) is 4.43. The second kappa shape index (κ2) is 12.4. The van der Waals surface area contributed by atoms with Gasteiger partial charge >= 0.3 is 5.97 Å². The van der Waals surface area contributed by atoms with Crippen LogP contribution in [0.15, 0.2) is 24.8 Å². The summed E-state index contributed by atoms with van der Waals surface area (Å²) < 4.78 is 5.08. The molecule has 0 aromatic heterocycles. The van der Waals surface area contributed by atoms with Gasteiger partial charge in [0.1, 0.15) is 0 Å². The minimum atomic E-state index is -0.308. The van der Waals surface area contributed by atoms with E-state index in [1.165, 1.54) is 12.8 Å². The van der Waals surface area contributed by atoms with Crippen molar-refractivity contribution in [1.82, 2.24) is 0 Å². The average Bonchev–Trinajstić information content (AvgIpc) is 2.36. The Balaban J connectivity index is 3.27. The molecule has 0 unspecified atom stereocenters. The Morgan fingerprint density at radius 1 is 1.06 bits per heavy atom. The van der Waals surface area contributed by atoms with Gasteiger partial charge in [0.2, 0.25) is 0 Å². The molecule has 0 aliphatic heterocycles. The average molecular weight is 254 g/mol. The zero-order chi connectivity index (χ0) is 13.6. The zero-order valence-corrected chi connectivity index (χ0v) is 11.3. The third-order valence-corrected chi connectivity index (χ3v) is 2.72. The van der Waals surface area contributed by atoms with Crippen molar-refractivity contribution in [2.75, 3.05) is 13.2 Å². The van der Waals surface area contributed by atoms with Crippen LogP contribution in [0.5, 0.6) is 0 Å². The van der Waals surface area contributed by atoms with Crippen LogP contribution in [0.2, 0.25) is 0 Å². The van der Waals surface area contributed by atoms with E-state index in [0.29, 0.717) is 25.2 Å². The molecule has 0 aliphatic rings. The minimum absolute atomic E-state index is 0.296. The number of hydrogen-bond acceptors (Lipinski definition) is 3.